The van der Waals surface area contributed by atoms with Gasteiger partial charge in [-0.15, -0.1) is 0 Å². The van der Waals surface area contributed by atoms with Crippen LogP contribution in [-0.4, -0.2) is 79.5 Å². The molecular formula is C15H26N4O2. The minimum absolute atomic E-state index is 0.0961. The van der Waals surface area contributed by atoms with Crippen LogP contribution in [0.15, 0.2) is 12.2 Å². The molecule has 21 heavy (non-hydrogen) atoms. The number of nitrogens with one attached hydrogen (secondary N) is 1. The summed E-state index contributed by atoms with van der Waals surface area (Å²) in [6, 6.07) is 0.527. The van der Waals surface area contributed by atoms with E-state index in [9.17, 15) is 9.59 Å². The molecule has 118 valence electrons. The van der Waals surface area contributed by atoms with Crippen molar-refractivity contribution < 1.29 is 9.59 Å². The van der Waals surface area contributed by atoms with Gasteiger partial charge < -0.3 is 20.0 Å². The van der Waals surface area contributed by atoms with E-state index in [0.29, 0.717) is 19.1 Å². The number of hydrogen-bond acceptors (Lipinski definition) is 3. The number of fused-ring (bicyclic) bond motifs is 1. The molecular weight excluding hydrogens is 268 g/mol. The second-order valence-electron chi connectivity index (χ2n) is 6.03. The summed E-state index contributed by atoms with van der Waals surface area (Å²) in [6.45, 7) is 3.55. The first-order valence-electron chi connectivity index (χ1n) is 7.72. The van der Waals surface area contributed by atoms with Crippen LogP contribution in [0.1, 0.15) is 19.3 Å². The zero-order valence-corrected chi connectivity index (χ0v) is 13.0. The molecule has 1 unspecified atom stereocenters. The number of carbonyl (C=O) groups is 2. The van der Waals surface area contributed by atoms with Gasteiger partial charge >= 0.3 is 6.03 Å². The molecule has 2 aliphatic heterocycles. The minimum Gasteiger partial charge on any atom is -0.351 e. The van der Waals surface area contributed by atoms with E-state index in [-0.39, 0.29) is 11.9 Å². The van der Waals surface area contributed by atoms with Crippen molar-refractivity contribution >= 4 is 11.9 Å². The Morgan fingerprint density at radius 1 is 1.43 bits per heavy atom. The minimum atomic E-state index is -0.0961. The molecule has 2 heterocycles. The molecule has 6 heteroatoms. The summed E-state index contributed by atoms with van der Waals surface area (Å²) in [6.07, 6.45) is 6.83. The molecule has 0 aromatic carbocycles. The number of rotatable bonds is 6. The van der Waals surface area contributed by atoms with Gasteiger partial charge in [-0.1, -0.05) is 6.08 Å². The Balaban J connectivity index is 1.68. The van der Waals surface area contributed by atoms with Crippen LogP contribution in [0, 0.1) is 0 Å². The van der Waals surface area contributed by atoms with Crippen LogP contribution >= 0.6 is 0 Å². The second-order valence-corrected chi connectivity index (χ2v) is 6.03. The van der Waals surface area contributed by atoms with Crippen molar-refractivity contribution in [3.63, 3.8) is 0 Å². The Morgan fingerprint density at radius 3 is 2.95 bits per heavy atom. The number of carbonyl (C=O) groups excluding carboxylic acids is 2. The van der Waals surface area contributed by atoms with E-state index < -0.39 is 0 Å². The number of nitrogens with zero attached hydrogens (tertiary/aromatic N) is 3. The standard InChI is InChI=1S/C15H26N4O2/c1-17(2)9-5-7-14(20)16-8-11-18-12-13-6-3-4-10-19(13)15(18)21/h5,7,13H,3-4,6,8-12H2,1-2H3,(H,16,20)/b7-5+. The van der Waals surface area contributed by atoms with Crippen molar-refractivity contribution in [2.45, 2.75) is 25.3 Å². The van der Waals surface area contributed by atoms with Crippen LogP contribution in [0.4, 0.5) is 4.79 Å². The predicted molar refractivity (Wildman–Crippen MR) is 82.0 cm³/mol. The third kappa shape index (κ3) is 4.46. The maximum absolute atomic E-state index is 12.2. The van der Waals surface area contributed by atoms with E-state index in [4.69, 9.17) is 0 Å². The monoisotopic (exact) mass is 294 g/mol. The number of piperidine rings is 1. The summed E-state index contributed by atoms with van der Waals surface area (Å²) in [4.78, 5) is 29.6. The molecule has 6 nitrogen and oxygen atoms in total. The molecule has 1 N–H and O–H groups in total. The topological polar surface area (TPSA) is 55.9 Å². The van der Waals surface area contributed by atoms with Gasteiger partial charge in [0.1, 0.15) is 0 Å². The summed E-state index contributed by atoms with van der Waals surface area (Å²) in [5, 5.41) is 2.83. The highest BCUT2D eigenvalue weighted by Gasteiger charge is 2.37. The van der Waals surface area contributed by atoms with Gasteiger partial charge in [-0.25, -0.2) is 4.79 Å². The van der Waals surface area contributed by atoms with Crippen molar-refractivity contribution in [2.24, 2.45) is 0 Å². The van der Waals surface area contributed by atoms with Gasteiger partial charge in [0.25, 0.3) is 0 Å². The molecule has 2 aliphatic rings. The molecule has 0 aromatic rings. The summed E-state index contributed by atoms with van der Waals surface area (Å²) >= 11 is 0. The van der Waals surface area contributed by atoms with E-state index in [0.717, 1.165) is 32.5 Å². The second kappa shape index (κ2) is 7.45. The molecule has 2 rings (SSSR count). The van der Waals surface area contributed by atoms with Crippen LogP contribution in [0.25, 0.3) is 0 Å². The van der Waals surface area contributed by atoms with E-state index in [1.54, 1.807) is 6.08 Å². The van der Waals surface area contributed by atoms with Gasteiger partial charge in [-0.2, -0.15) is 0 Å². The molecule has 0 saturated carbocycles. The normalized spacial score (nSPS) is 22.2. The first-order valence-corrected chi connectivity index (χ1v) is 7.72. The Bertz CT molecular complexity index is 408. The average molecular weight is 294 g/mol. The van der Waals surface area contributed by atoms with Crippen LogP contribution in [0.2, 0.25) is 0 Å². The summed E-state index contributed by atoms with van der Waals surface area (Å²) < 4.78 is 0. The van der Waals surface area contributed by atoms with Gasteiger partial charge in [-0.05, 0) is 33.4 Å². The lowest BCUT2D eigenvalue weighted by Gasteiger charge is -2.27. The Labute approximate surface area is 126 Å². The molecule has 2 fully saturated rings. The fourth-order valence-electron chi connectivity index (χ4n) is 2.89. The largest absolute Gasteiger partial charge is 0.351 e. The third-order valence-electron chi connectivity index (χ3n) is 4.00. The smallest absolute Gasteiger partial charge is 0.320 e. The lowest BCUT2D eigenvalue weighted by Crippen LogP contribution is -2.39. The Hall–Kier alpha value is -1.56. The van der Waals surface area contributed by atoms with Crippen LogP contribution in [0.5, 0.6) is 0 Å². The quantitative estimate of drug-likeness (QED) is 0.726. The first-order chi connectivity index (χ1) is 10.1. The van der Waals surface area contributed by atoms with Crippen molar-refractivity contribution in [3.05, 3.63) is 12.2 Å². The highest BCUT2D eigenvalue weighted by Crippen LogP contribution is 2.24. The van der Waals surface area contributed by atoms with Gasteiger partial charge in [0, 0.05) is 38.8 Å². The molecule has 0 aliphatic carbocycles. The van der Waals surface area contributed by atoms with Crippen LogP contribution in [-0.2, 0) is 4.79 Å². The van der Waals surface area contributed by atoms with Gasteiger partial charge in [-0.3, -0.25) is 4.79 Å². The summed E-state index contributed by atoms with van der Waals surface area (Å²) in [5.74, 6) is -0.0961. The highest BCUT2D eigenvalue weighted by molar-refractivity contribution is 5.87. The molecule has 0 aromatic heterocycles. The molecule has 0 radical (unpaired) electrons. The molecule has 3 amide bonds. The first kappa shape index (κ1) is 15.8. The maximum Gasteiger partial charge on any atom is 0.320 e. The number of amides is 3. The Morgan fingerprint density at radius 2 is 2.24 bits per heavy atom. The van der Waals surface area contributed by atoms with E-state index in [1.807, 2.05) is 34.9 Å². The summed E-state index contributed by atoms with van der Waals surface area (Å²) in [7, 11) is 3.91. The van der Waals surface area contributed by atoms with E-state index in [1.165, 1.54) is 6.42 Å². The van der Waals surface area contributed by atoms with Crippen molar-refractivity contribution in [2.75, 3.05) is 46.8 Å². The maximum atomic E-state index is 12.2. The van der Waals surface area contributed by atoms with Crippen LogP contribution in [0.3, 0.4) is 0 Å². The third-order valence-corrected chi connectivity index (χ3v) is 4.00. The molecule has 2 saturated heterocycles. The number of hydrogen-bond donors (Lipinski definition) is 1. The van der Waals surface area contributed by atoms with Crippen LogP contribution < -0.4 is 5.32 Å². The molecule has 0 spiro atoms. The SMILES string of the molecule is CN(C)C/C=C/C(=O)NCCN1CC2CCCCN2C1=O. The van der Waals surface area contributed by atoms with Crippen molar-refractivity contribution in [1.82, 2.24) is 20.0 Å². The summed E-state index contributed by atoms with van der Waals surface area (Å²) in [5.41, 5.74) is 0. The predicted octanol–water partition coefficient (Wildman–Crippen LogP) is 0.511. The fourth-order valence-corrected chi connectivity index (χ4v) is 2.89. The van der Waals surface area contributed by atoms with Gasteiger partial charge in [0.05, 0.1) is 6.04 Å². The van der Waals surface area contributed by atoms with Crippen molar-refractivity contribution in [1.29, 1.82) is 0 Å². The average Bonchev–Trinajstić information content (AvgIpc) is 2.76. The van der Waals surface area contributed by atoms with E-state index >= 15 is 0 Å². The lowest BCUT2D eigenvalue weighted by molar-refractivity contribution is -0.116. The lowest BCUT2D eigenvalue weighted by atomic mass is 10.0. The van der Waals surface area contributed by atoms with Gasteiger partial charge in [0.15, 0.2) is 0 Å². The Kier molecular flexibility index (Phi) is 5.61. The van der Waals surface area contributed by atoms with Gasteiger partial charge in [0.2, 0.25) is 5.91 Å². The fraction of sp³-hybridized carbons (Fsp3) is 0.733. The molecule has 0 bridgehead atoms. The number of urea groups is 1. The number of likely N-dealkylation sites (N-methyl/N-ethyl adjacent to an activating group) is 1. The van der Waals surface area contributed by atoms with E-state index in [2.05, 4.69) is 5.32 Å². The highest BCUT2D eigenvalue weighted by atomic mass is 16.2. The molecule has 1 atom stereocenters. The van der Waals surface area contributed by atoms with Crippen molar-refractivity contribution in [3.8, 4) is 0 Å². The zero-order valence-electron chi connectivity index (χ0n) is 13.0. The zero-order chi connectivity index (χ0) is 15.2.